The Hall–Kier alpha value is -0.0400. The van der Waals surface area contributed by atoms with Crippen molar-refractivity contribution in [2.45, 2.75) is 76.2 Å². The van der Waals surface area contributed by atoms with Gasteiger partial charge in [0.2, 0.25) is 0 Å². The van der Waals surface area contributed by atoms with E-state index in [0.29, 0.717) is 5.41 Å². The first-order valence-corrected chi connectivity index (χ1v) is 7.96. The van der Waals surface area contributed by atoms with E-state index in [9.17, 15) is 0 Å². The van der Waals surface area contributed by atoms with Gasteiger partial charge in [-0.25, -0.2) is 0 Å². The molecule has 5 fully saturated rings. The van der Waals surface area contributed by atoms with Crippen LogP contribution < -0.4 is 5.73 Å². The molecule has 17 heavy (non-hydrogen) atoms. The fourth-order valence-corrected chi connectivity index (χ4v) is 6.60. The second kappa shape index (κ2) is 3.50. The minimum atomic E-state index is 0.265. The Bertz CT molecular complexity index is 301. The molecule has 0 amide bonds. The third-order valence-electron chi connectivity index (χ3n) is 6.62. The van der Waals surface area contributed by atoms with Crippen LogP contribution in [0.15, 0.2) is 0 Å². The van der Waals surface area contributed by atoms with E-state index in [-0.39, 0.29) is 5.54 Å². The lowest BCUT2D eigenvalue weighted by atomic mass is 9.43. The van der Waals surface area contributed by atoms with Crippen LogP contribution in [-0.4, -0.2) is 5.54 Å². The van der Waals surface area contributed by atoms with Crippen molar-refractivity contribution in [1.82, 2.24) is 0 Å². The summed E-state index contributed by atoms with van der Waals surface area (Å²) in [5.74, 6) is 3.05. The zero-order valence-electron chi connectivity index (χ0n) is 11.1. The first kappa shape index (κ1) is 10.8. The third-order valence-corrected chi connectivity index (χ3v) is 6.62. The molecule has 5 aliphatic rings. The Labute approximate surface area is 106 Å². The highest BCUT2D eigenvalue weighted by atomic mass is 14.8. The molecule has 4 atom stereocenters. The molecule has 5 rings (SSSR count). The van der Waals surface area contributed by atoms with E-state index in [2.05, 4.69) is 0 Å². The second-order valence-corrected chi connectivity index (χ2v) is 8.02. The first-order chi connectivity index (χ1) is 8.18. The van der Waals surface area contributed by atoms with Crippen LogP contribution in [0.1, 0.15) is 70.6 Å². The maximum atomic E-state index is 6.71. The summed E-state index contributed by atoms with van der Waals surface area (Å²) in [6.07, 6.45) is 16.3. The molecule has 0 aliphatic heterocycles. The summed E-state index contributed by atoms with van der Waals surface area (Å²) in [6, 6.07) is 0. The van der Waals surface area contributed by atoms with Gasteiger partial charge >= 0.3 is 0 Å². The van der Waals surface area contributed by atoms with Crippen LogP contribution in [-0.2, 0) is 0 Å². The molecule has 96 valence electrons. The SMILES string of the molecule is NC12C[C@H]3C[C@@H](C1)CC(C1CCCCC1)(C3)C2. The van der Waals surface area contributed by atoms with E-state index >= 15 is 0 Å². The van der Waals surface area contributed by atoms with E-state index in [0.717, 1.165) is 17.8 Å². The van der Waals surface area contributed by atoms with Crippen molar-refractivity contribution < 1.29 is 0 Å². The summed E-state index contributed by atoms with van der Waals surface area (Å²) in [5, 5.41) is 0. The summed E-state index contributed by atoms with van der Waals surface area (Å²) in [5.41, 5.74) is 7.69. The van der Waals surface area contributed by atoms with E-state index in [4.69, 9.17) is 5.73 Å². The zero-order valence-corrected chi connectivity index (χ0v) is 11.1. The van der Waals surface area contributed by atoms with Gasteiger partial charge in [0.1, 0.15) is 0 Å². The van der Waals surface area contributed by atoms with Crippen LogP contribution in [0.2, 0.25) is 0 Å². The highest BCUT2D eigenvalue weighted by Gasteiger charge is 2.58. The van der Waals surface area contributed by atoms with E-state index in [1.165, 1.54) is 57.8 Å². The molecule has 0 spiro atoms. The maximum absolute atomic E-state index is 6.71. The monoisotopic (exact) mass is 233 g/mol. The average Bonchev–Trinajstić information content (AvgIpc) is 2.27. The first-order valence-electron chi connectivity index (χ1n) is 7.96. The third kappa shape index (κ3) is 1.61. The van der Waals surface area contributed by atoms with Gasteiger partial charge in [-0.2, -0.15) is 0 Å². The maximum Gasteiger partial charge on any atom is 0.0165 e. The Morgan fingerprint density at radius 3 is 2.06 bits per heavy atom. The summed E-state index contributed by atoms with van der Waals surface area (Å²) >= 11 is 0. The van der Waals surface area contributed by atoms with Crippen molar-refractivity contribution in [3.63, 3.8) is 0 Å². The largest absolute Gasteiger partial charge is 0.325 e. The standard InChI is InChI=1S/C16H27N/c17-16-9-12-6-13(10-16)8-15(7-12,11-16)14-4-2-1-3-5-14/h12-14H,1-11,17H2/t12-,13+,15?,16?. The van der Waals surface area contributed by atoms with Crippen molar-refractivity contribution in [1.29, 1.82) is 0 Å². The molecular formula is C16H27N. The summed E-state index contributed by atoms with van der Waals surface area (Å²) in [4.78, 5) is 0. The molecule has 5 saturated carbocycles. The Morgan fingerprint density at radius 2 is 1.47 bits per heavy atom. The van der Waals surface area contributed by atoms with Crippen LogP contribution >= 0.6 is 0 Å². The average molecular weight is 233 g/mol. The second-order valence-electron chi connectivity index (χ2n) is 8.02. The van der Waals surface area contributed by atoms with Crippen molar-refractivity contribution in [3.05, 3.63) is 0 Å². The smallest absolute Gasteiger partial charge is 0.0165 e. The number of hydrogen-bond donors (Lipinski definition) is 1. The fourth-order valence-electron chi connectivity index (χ4n) is 6.60. The van der Waals surface area contributed by atoms with Gasteiger partial charge in [0.25, 0.3) is 0 Å². The highest BCUT2D eigenvalue weighted by molar-refractivity contribution is 5.12. The van der Waals surface area contributed by atoms with Crippen LogP contribution in [0.4, 0.5) is 0 Å². The minimum Gasteiger partial charge on any atom is -0.325 e. The van der Waals surface area contributed by atoms with Crippen LogP contribution in [0.25, 0.3) is 0 Å². The van der Waals surface area contributed by atoms with Crippen LogP contribution in [0, 0.1) is 23.2 Å². The molecule has 0 heterocycles. The molecule has 1 nitrogen and oxygen atoms in total. The van der Waals surface area contributed by atoms with Gasteiger partial charge in [-0.05, 0) is 74.5 Å². The summed E-state index contributed by atoms with van der Waals surface area (Å²) in [6.45, 7) is 0. The van der Waals surface area contributed by atoms with Crippen molar-refractivity contribution in [2.75, 3.05) is 0 Å². The predicted octanol–water partition coefficient (Wildman–Crippen LogP) is 3.86. The molecule has 5 aliphatic carbocycles. The molecule has 0 aromatic rings. The van der Waals surface area contributed by atoms with Crippen molar-refractivity contribution in [3.8, 4) is 0 Å². The van der Waals surface area contributed by atoms with Gasteiger partial charge in [0.05, 0.1) is 0 Å². The molecule has 0 aromatic carbocycles. The molecular weight excluding hydrogens is 206 g/mol. The normalized spacial score (nSPS) is 54.2. The molecule has 2 N–H and O–H groups in total. The number of hydrogen-bond acceptors (Lipinski definition) is 1. The van der Waals surface area contributed by atoms with Gasteiger partial charge in [-0.3, -0.25) is 0 Å². The van der Waals surface area contributed by atoms with Gasteiger partial charge in [-0.15, -0.1) is 0 Å². The molecule has 4 bridgehead atoms. The fraction of sp³-hybridized carbons (Fsp3) is 1.00. The highest BCUT2D eigenvalue weighted by Crippen LogP contribution is 2.65. The van der Waals surface area contributed by atoms with E-state index in [1.54, 1.807) is 12.8 Å². The quantitative estimate of drug-likeness (QED) is 0.731. The summed E-state index contributed by atoms with van der Waals surface area (Å²) < 4.78 is 0. The van der Waals surface area contributed by atoms with Crippen molar-refractivity contribution in [2.24, 2.45) is 28.9 Å². The van der Waals surface area contributed by atoms with Gasteiger partial charge in [0.15, 0.2) is 0 Å². The number of rotatable bonds is 1. The number of nitrogens with two attached hydrogens (primary N) is 1. The Balaban J connectivity index is 1.64. The van der Waals surface area contributed by atoms with Crippen LogP contribution in [0.5, 0.6) is 0 Å². The zero-order chi connectivity index (χ0) is 11.5. The van der Waals surface area contributed by atoms with Gasteiger partial charge in [-0.1, -0.05) is 19.3 Å². The molecule has 2 unspecified atom stereocenters. The molecule has 1 heteroatoms. The lowest BCUT2D eigenvalue weighted by Crippen LogP contribution is -2.61. The van der Waals surface area contributed by atoms with Crippen molar-refractivity contribution >= 4 is 0 Å². The summed E-state index contributed by atoms with van der Waals surface area (Å²) in [7, 11) is 0. The van der Waals surface area contributed by atoms with Gasteiger partial charge in [0, 0.05) is 5.54 Å². The Kier molecular flexibility index (Phi) is 2.23. The molecule has 0 aromatic heterocycles. The predicted molar refractivity (Wildman–Crippen MR) is 70.6 cm³/mol. The topological polar surface area (TPSA) is 26.0 Å². The molecule has 0 saturated heterocycles. The molecule has 0 radical (unpaired) electrons. The Morgan fingerprint density at radius 1 is 0.824 bits per heavy atom. The van der Waals surface area contributed by atoms with Crippen LogP contribution in [0.3, 0.4) is 0 Å². The lowest BCUT2D eigenvalue weighted by molar-refractivity contribution is -0.106. The van der Waals surface area contributed by atoms with Gasteiger partial charge < -0.3 is 5.73 Å². The van der Waals surface area contributed by atoms with E-state index < -0.39 is 0 Å². The minimum absolute atomic E-state index is 0.265. The van der Waals surface area contributed by atoms with E-state index in [1.807, 2.05) is 0 Å². The lowest BCUT2D eigenvalue weighted by Gasteiger charge is -2.64.